The number of amides is 1. The highest BCUT2D eigenvalue weighted by atomic mass is 16.6. The molecule has 0 bridgehead atoms. The molecule has 1 aromatic heterocycles. The maximum Gasteiger partial charge on any atom is 0.410 e. The first-order valence-corrected chi connectivity index (χ1v) is 8.26. The smallest absolute Gasteiger partial charge is 0.410 e. The van der Waals surface area contributed by atoms with Crippen molar-refractivity contribution in [3.05, 3.63) is 36.2 Å². The van der Waals surface area contributed by atoms with Crippen molar-refractivity contribution in [2.24, 2.45) is 0 Å². The molecule has 1 saturated heterocycles. The van der Waals surface area contributed by atoms with Crippen molar-refractivity contribution in [1.82, 2.24) is 25.1 Å². The molecule has 7 heteroatoms. The zero-order chi connectivity index (χ0) is 17.2. The van der Waals surface area contributed by atoms with Crippen LogP contribution in [0.3, 0.4) is 0 Å². The van der Waals surface area contributed by atoms with Gasteiger partial charge in [0.1, 0.15) is 5.60 Å². The van der Waals surface area contributed by atoms with E-state index in [0.717, 1.165) is 24.4 Å². The number of hydrogen-bond donors (Lipinski definition) is 0. The topological polar surface area (TPSA) is 73.1 Å². The molecule has 1 aromatic carbocycles. The quantitative estimate of drug-likeness (QED) is 0.847. The van der Waals surface area contributed by atoms with Crippen molar-refractivity contribution < 1.29 is 9.53 Å². The Morgan fingerprint density at radius 1 is 1.17 bits per heavy atom. The minimum atomic E-state index is -0.467. The lowest BCUT2D eigenvalue weighted by atomic mass is 9.96. The lowest BCUT2D eigenvalue weighted by Crippen LogP contribution is -2.41. The summed E-state index contributed by atoms with van der Waals surface area (Å²) in [7, 11) is 0. The van der Waals surface area contributed by atoms with Crippen LogP contribution < -0.4 is 0 Å². The van der Waals surface area contributed by atoms with Gasteiger partial charge in [-0.05, 0) is 56.2 Å². The van der Waals surface area contributed by atoms with Gasteiger partial charge in [0, 0.05) is 19.0 Å². The number of tetrazole rings is 1. The second-order valence-corrected chi connectivity index (χ2v) is 7.03. The molecule has 0 radical (unpaired) electrons. The van der Waals surface area contributed by atoms with Crippen molar-refractivity contribution in [1.29, 1.82) is 0 Å². The highest BCUT2D eigenvalue weighted by Crippen LogP contribution is 2.28. The van der Waals surface area contributed by atoms with Gasteiger partial charge in [0.2, 0.25) is 0 Å². The van der Waals surface area contributed by atoms with Crippen LogP contribution in [0.2, 0.25) is 0 Å². The zero-order valence-electron chi connectivity index (χ0n) is 14.3. The number of rotatable bonds is 2. The van der Waals surface area contributed by atoms with Gasteiger partial charge in [-0.15, -0.1) is 5.10 Å². The summed E-state index contributed by atoms with van der Waals surface area (Å²) >= 11 is 0. The SMILES string of the molecule is CC(C)(C)OC(=O)N1CCC(c2nnnn2-c2ccccc2)CC1. The van der Waals surface area contributed by atoms with Crippen LogP contribution >= 0.6 is 0 Å². The van der Waals surface area contributed by atoms with Gasteiger partial charge in [0.05, 0.1) is 5.69 Å². The average Bonchev–Trinajstić information content (AvgIpc) is 3.04. The number of carbonyl (C=O) groups excluding carboxylic acids is 1. The van der Waals surface area contributed by atoms with E-state index in [1.807, 2.05) is 51.1 Å². The number of para-hydroxylation sites is 1. The Labute approximate surface area is 141 Å². The van der Waals surface area contributed by atoms with Gasteiger partial charge in [0.15, 0.2) is 5.82 Å². The molecular weight excluding hydrogens is 306 g/mol. The molecule has 1 aliphatic heterocycles. The first-order valence-electron chi connectivity index (χ1n) is 8.26. The fraction of sp³-hybridized carbons (Fsp3) is 0.529. The van der Waals surface area contributed by atoms with Crippen LogP contribution in [-0.4, -0.2) is 49.9 Å². The lowest BCUT2D eigenvalue weighted by Gasteiger charge is -2.32. The summed E-state index contributed by atoms with van der Waals surface area (Å²) in [4.78, 5) is 13.9. The van der Waals surface area contributed by atoms with Crippen molar-refractivity contribution in [3.63, 3.8) is 0 Å². The van der Waals surface area contributed by atoms with E-state index in [4.69, 9.17) is 4.74 Å². The maximum atomic E-state index is 12.2. The van der Waals surface area contributed by atoms with Crippen LogP contribution in [0.5, 0.6) is 0 Å². The standard InChI is InChI=1S/C17H23N5O2/c1-17(2,3)24-16(23)21-11-9-13(10-12-21)15-18-19-20-22(15)14-7-5-4-6-8-14/h4-8,13H,9-12H2,1-3H3. The molecule has 0 saturated carbocycles. The van der Waals surface area contributed by atoms with Crippen LogP contribution in [0.15, 0.2) is 30.3 Å². The Balaban J connectivity index is 1.66. The molecule has 2 heterocycles. The summed E-state index contributed by atoms with van der Waals surface area (Å²) in [5, 5.41) is 12.2. The van der Waals surface area contributed by atoms with Gasteiger partial charge in [-0.1, -0.05) is 18.2 Å². The van der Waals surface area contributed by atoms with Gasteiger partial charge in [-0.25, -0.2) is 4.79 Å². The minimum absolute atomic E-state index is 0.235. The molecule has 1 fully saturated rings. The third-order valence-corrected chi connectivity index (χ3v) is 4.01. The molecule has 1 aliphatic rings. The first kappa shape index (κ1) is 16.4. The molecular formula is C17H23N5O2. The summed E-state index contributed by atoms with van der Waals surface area (Å²) in [6, 6.07) is 9.86. The second kappa shape index (κ2) is 6.59. The van der Waals surface area contributed by atoms with Crippen LogP contribution in [0, 0.1) is 0 Å². The van der Waals surface area contributed by atoms with E-state index in [2.05, 4.69) is 15.5 Å². The summed E-state index contributed by atoms with van der Waals surface area (Å²) < 4.78 is 7.22. The van der Waals surface area contributed by atoms with Crippen molar-refractivity contribution in [3.8, 4) is 5.69 Å². The molecule has 24 heavy (non-hydrogen) atoms. The average molecular weight is 329 g/mol. The molecule has 3 rings (SSSR count). The van der Waals surface area contributed by atoms with Gasteiger partial charge < -0.3 is 9.64 Å². The number of nitrogens with zero attached hydrogens (tertiary/aromatic N) is 5. The Kier molecular flexibility index (Phi) is 4.51. The molecule has 7 nitrogen and oxygen atoms in total. The number of piperidine rings is 1. The molecule has 0 N–H and O–H groups in total. The van der Waals surface area contributed by atoms with E-state index in [1.165, 1.54) is 0 Å². The van der Waals surface area contributed by atoms with Crippen LogP contribution in [-0.2, 0) is 4.74 Å². The van der Waals surface area contributed by atoms with Crippen LogP contribution in [0.1, 0.15) is 45.4 Å². The van der Waals surface area contributed by atoms with E-state index in [-0.39, 0.29) is 12.0 Å². The van der Waals surface area contributed by atoms with E-state index in [1.54, 1.807) is 9.58 Å². The van der Waals surface area contributed by atoms with Gasteiger partial charge >= 0.3 is 6.09 Å². The zero-order valence-corrected chi connectivity index (χ0v) is 14.3. The minimum Gasteiger partial charge on any atom is -0.444 e. The lowest BCUT2D eigenvalue weighted by molar-refractivity contribution is 0.0202. The number of aromatic nitrogens is 4. The second-order valence-electron chi connectivity index (χ2n) is 7.03. The Bertz CT molecular complexity index is 685. The monoisotopic (exact) mass is 329 g/mol. The van der Waals surface area contributed by atoms with Gasteiger partial charge in [-0.3, -0.25) is 0 Å². The van der Waals surface area contributed by atoms with E-state index in [0.29, 0.717) is 13.1 Å². The third kappa shape index (κ3) is 3.72. The van der Waals surface area contributed by atoms with Crippen molar-refractivity contribution >= 4 is 6.09 Å². The van der Waals surface area contributed by atoms with Crippen LogP contribution in [0.25, 0.3) is 5.69 Å². The highest BCUT2D eigenvalue weighted by Gasteiger charge is 2.30. The summed E-state index contributed by atoms with van der Waals surface area (Å²) in [5.41, 5.74) is 0.484. The van der Waals surface area contributed by atoms with Crippen molar-refractivity contribution in [2.45, 2.75) is 45.1 Å². The number of benzene rings is 1. The summed E-state index contributed by atoms with van der Waals surface area (Å²) in [6.45, 7) is 6.95. The van der Waals surface area contributed by atoms with E-state index >= 15 is 0 Å². The largest absolute Gasteiger partial charge is 0.444 e. The normalized spacial score (nSPS) is 16.2. The molecule has 2 aromatic rings. The van der Waals surface area contributed by atoms with Crippen LogP contribution in [0.4, 0.5) is 4.79 Å². The maximum absolute atomic E-state index is 12.2. The molecule has 128 valence electrons. The molecule has 1 amide bonds. The molecule has 0 unspecified atom stereocenters. The predicted molar refractivity (Wildman–Crippen MR) is 88.9 cm³/mol. The summed E-state index contributed by atoms with van der Waals surface area (Å²) in [5.74, 6) is 1.09. The van der Waals surface area contributed by atoms with Crippen molar-refractivity contribution in [2.75, 3.05) is 13.1 Å². The fourth-order valence-electron chi connectivity index (χ4n) is 2.85. The number of ether oxygens (including phenoxy) is 1. The van der Waals surface area contributed by atoms with Gasteiger partial charge in [0.25, 0.3) is 0 Å². The summed E-state index contributed by atoms with van der Waals surface area (Å²) in [6.07, 6.45) is 1.41. The molecule has 0 aliphatic carbocycles. The Hall–Kier alpha value is -2.44. The molecule has 0 atom stereocenters. The van der Waals surface area contributed by atoms with E-state index < -0.39 is 5.60 Å². The van der Waals surface area contributed by atoms with E-state index in [9.17, 15) is 4.79 Å². The molecule has 0 spiro atoms. The number of likely N-dealkylation sites (tertiary alicyclic amines) is 1. The predicted octanol–water partition coefficient (Wildman–Crippen LogP) is 2.78. The Morgan fingerprint density at radius 2 is 1.83 bits per heavy atom. The highest BCUT2D eigenvalue weighted by molar-refractivity contribution is 5.68. The third-order valence-electron chi connectivity index (χ3n) is 4.01. The number of hydrogen-bond acceptors (Lipinski definition) is 5. The first-order chi connectivity index (χ1) is 11.4. The Morgan fingerprint density at radius 3 is 2.46 bits per heavy atom. The number of carbonyl (C=O) groups is 1. The van der Waals surface area contributed by atoms with Gasteiger partial charge in [-0.2, -0.15) is 4.68 Å². The fourth-order valence-corrected chi connectivity index (χ4v) is 2.85.